The van der Waals surface area contributed by atoms with Gasteiger partial charge in [0.05, 0.1) is 5.31 Å². The number of anilines is 1. The summed E-state index contributed by atoms with van der Waals surface area (Å²) in [6.45, 7) is 3.93. The normalized spacial score (nSPS) is 13.1. The standard InChI is InChI=1S/C18H20NO4P/c1-12-6-8-14-16(10-12)23-17-11-13(19(2)3)7-9-15(17)18(14)24(20,21-4)22-5/h6-11H,1H2,2-5H3. The van der Waals surface area contributed by atoms with E-state index >= 15 is 0 Å². The maximum Gasteiger partial charge on any atom is 0.362 e. The highest BCUT2D eigenvalue weighted by molar-refractivity contribution is 7.65. The molecular formula is C18H20NO4P. The lowest BCUT2D eigenvalue weighted by Gasteiger charge is -2.25. The largest absolute Gasteiger partial charge is 0.456 e. The molecule has 0 unspecified atom stereocenters. The molecule has 0 N–H and O–H groups in total. The summed E-state index contributed by atoms with van der Waals surface area (Å²) in [6, 6.07) is 11.2. The Morgan fingerprint density at radius 3 is 2.38 bits per heavy atom. The minimum Gasteiger partial charge on any atom is -0.456 e. The first-order chi connectivity index (χ1) is 11.4. The smallest absolute Gasteiger partial charge is 0.362 e. The topological polar surface area (TPSA) is 48.0 Å². The maximum absolute atomic E-state index is 13.2. The van der Waals surface area contributed by atoms with E-state index in [1.165, 1.54) is 14.2 Å². The third kappa shape index (κ3) is 2.65. The molecule has 1 heterocycles. The van der Waals surface area contributed by atoms with Crippen LogP contribution in [0.4, 0.5) is 5.69 Å². The number of hydrogen-bond donors (Lipinski definition) is 0. The van der Waals surface area contributed by atoms with E-state index in [-0.39, 0.29) is 0 Å². The van der Waals surface area contributed by atoms with Crippen LogP contribution < -0.4 is 20.1 Å². The summed E-state index contributed by atoms with van der Waals surface area (Å²) < 4.78 is 29.7. The quantitative estimate of drug-likeness (QED) is 0.798. The zero-order valence-electron chi connectivity index (χ0n) is 14.2. The molecule has 0 atom stereocenters. The Hall–Kier alpha value is -2.07. The lowest BCUT2D eigenvalue weighted by molar-refractivity contribution is 0.287. The monoisotopic (exact) mass is 345 g/mol. The van der Waals surface area contributed by atoms with E-state index in [0.29, 0.717) is 27.6 Å². The van der Waals surface area contributed by atoms with Gasteiger partial charge < -0.3 is 18.7 Å². The van der Waals surface area contributed by atoms with Crippen molar-refractivity contribution >= 4 is 25.2 Å². The van der Waals surface area contributed by atoms with E-state index in [2.05, 4.69) is 6.58 Å². The molecule has 0 saturated heterocycles. The van der Waals surface area contributed by atoms with Gasteiger partial charge in [-0.3, -0.25) is 4.57 Å². The molecule has 2 aromatic rings. The third-order valence-corrected chi connectivity index (χ3v) is 6.00. The van der Waals surface area contributed by atoms with Gasteiger partial charge in [0.25, 0.3) is 0 Å². The minimum absolute atomic E-state index is 0.508. The third-order valence-electron chi connectivity index (χ3n) is 4.01. The second-order valence-corrected chi connectivity index (χ2v) is 7.89. The summed E-state index contributed by atoms with van der Waals surface area (Å²) >= 11 is 0. The van der Waals surface area contributed by atoms with Gasteiger partial charge in [0, 0.05) is 50.9 Å². The van der Waals surface area contributed by atoms with Crippen molar-refractivity contribution in [3.8, 4) is 11.5 Å². The van der Waals surface area contributed by atoms with Crippen molar-refractivity contribution in [1.29, 1.82) is 0 Å². The summed E-state index contributed by atoms with van der Waals surface area (Å²) in [6.07, 6.45) is 0. The molecule has 0 radical (unpaired) electrons. The first-order valence-corrected chi connectivity index (χ1v) is 8.99. The summed E-state index contributed by atoms with van der Waals surface area (Å²) in [4.78, 5) is 1.98. The van der Waals surface area contributed by atoms with Gasteiger partial charge in [-0.25, -0.2) is 0 Å². The summed E-state index contributed by atoms with van der Waals surface area (Å²) in [5, 5.41) is 2.01. The molecule has 1 aliphatic heterocycles. The zero-order chi connectivity index (χ0) is 17.5. The van der Waals surface area contributed by atoms with Crippen molar-refractivity contribution in [3.05, 3.63) is 52.4 Å². The second kappa shape index (κ2) is 6.10. The summed E-state index contributed by atoms with van der Waals surface area (Å²) in [7, 11) is 3.20. The number of nitrogens with zero attached hydrogens (tertiary/aromatic N) is 1. The van der Waals surface area contributed by atoms with Crippen LogP contribution in [0.1, 0.15) is 5.56 Å². The predicted octanol–water partition coefficient (Wildman–Crippen LogP) is 2.91. The molecule has 0 amide bonds. The van der Waals surface area contributed by atoms with Crippen molar-refractivity contribution in [2.45, 2.75) is 0 Å². The second-order valence-electron chi connectivity index (χ2n) is 5.72. The first-order valence-electron chi connectivity index (χ1n) is 7.44. The van der Waals surface area contributed by atoms with E-state index in [4.69, 9.17) is 13.8 Å². The summed E-state index contributed by atoms with van der Waals surface area (Å²) in [5.41, 5.74) is 1.68. The highest BCUT2D eigenvalue weighted by Gasteiger charge is 2.35. The van der Waals surface area contributed by atoms with Gasteiger partial charge in [-0.1, -0.05) is 12.6 Å². The number of benzene rings is 2. The Balaban J connectivity index is 2.39. The number of ether oxygens (including phenoxy) is 1. The minimum atomic E-state index is -3.47. The van der Waals surface area contributed by atoms with Gasteiger partial charge in [0.2, 0.25) is 0 Å². The Kier molecular flexibility index (Phi) is 4.26. The molecule has 0 fully saturated rings. The molecule has 1 aliphatic rings. The van der Waals surface area contributed by atoms with Gasteiger partial charge in [-0.05, 0) is 29.5 Å². The molecule has 24 heavy (non-hydrogen) atoms. The van der Waals surface area contributed by atoms with Gasteiger partial charge in [-0.15, -0.1) is 0 Å². The van der Waals surface area contributed by atoms with Crippen LogP contribution in [-0.2, 0) is 13.6 Å². The average molecular weight is 345 g/mol. The van der Waals surface area contributed by atoms with Crippen molar-refractivity contribution < 1.29 is 18.3 Å². The molecule has 0 spiro atoms. The SMILES string of the molecule is C=c1ccc2c(c1)Oc1cc(N(C)C)ccc1C=2P(=O)(OC)OC. The van der Waals surface area contributed by atoms with Gasteiger partial charge in [0.15, 0.2) is 0 Å². The van der Waals surface area contributed by atoms with Crippen LogP contribution in [0.2, 0.25) is 0 Å². The van der Waals surface area contributed by atoms with E-state index < -0.39 is 7.60 Å². The van der Waals surface area contributed by atoms with Crippen molar-refractivity contribution in [2.75, 3.05) is 33.2 Å². The number of hydrogen-bond acceptors (Lipinski definition) is 5. The highest BCUT2D eigenvalue weighted by atomic mass is 31.2. The van der Waals surface area contributed by atoms with Gasteiger partial charge in [0.1, 0.15) is 11.5 Å². The van der Waals surface area contributed by atoms with Crippen molar-refractivity contribution in [1.82, 2.24) is 0 Å². The van der Waals surface area contributed by atoms with Crippen LogP contribution >= 0.6 is 7.60 Å². The van der Waals surface area contributed by atoms with Crippen LogP contribution in [0.5, 0.6) is 11.5 Å². The fraction of sp³-hybridized carbons (Fsp3) is 0.222. The Morgan fingerprint density at radius 1 is 1.04 bits per heavy atom. The molecule has 0 bridgehead atoms. The fourth-order valence-corrected chi connectivity index (χ4v) is 4.21. The average Bonchev–Trinajstić information content (AvgIpc) is 2.58. The molecule has 0 saturated carbocycles. The Labute approximate surface area is 141 Å². The molecule has 0 aliphatic carbocycles. The van der Waals surface area contributed by atoms with Crippen LogP contribution in [0.25, 0.3) is 11.9 Å². The van der Waals surface area contributed by atoms with E-state index in [1.54, 1.807) is 0 Å². The molecule has 5 nitrogen and oxygen atoms in total. The van der Waals surface area contributed by atoms with Crippen LogP contribution in [0.3, 0.4) is 0 Å². The highest BCUT2D eigenvalue weighted by Crippen LogP contribution is 2.60. The number of fused-ring (bicyclic) bond motifs is 2. The van der Waals surface area contributed by atoms with Gasteiger partial charge in [-0.2, -0.15) is 0 Å². The predicted molar refractivity (Wildman–Crippen MR) is 96.2 cm³/mol. The Morgan fingerprint density at radius 2 is 1.75 bits per heavy atom. The fourth-order valence-electron chi connectivity index (χ4n) is 2.73. The molecule has 2 aromatic carbocycles. The maximum atomic E-state index is 13.2. The Bertz CT molecular complexity index is 944. The molecule has 3 rings (SSSR count). The van der Waals surface area contributed by atoms with Crippen LogP contribution in [0.15, 0.2) is 36.4 Å². The van der Waals surface area contributed by atoms with E-state index in [0.717, 1.165) is 10.9 Å². The molecule has 126 valence electrons. The van der Waals surface area contributed by atoms with Crippen molar-refractivity contribution in [2.24, 2.45) is 0 Å². The lowest BCUT2D eigenvalue weighted by atomic mass is 10.1. The zero-order valence-corrected chi connectivity index (χ0v) is 15.1. The van der Waals surface area contributed by atoms with E-state index in [9.17, 15) is 4.57 Å². The van der Waals surface area contributed by atoms with Crippen LogP contribution in [-0.4, -0.2) is 28.3 Å². The number of rotatable bonds is 4. The van der Waals surface area contributed by atoms with Gasteiger partial charge >= 0.3 is 7.60 Å². The van der Waals surface area contributed by atoms with Crippen LogP contribution in [0, 0.1) is 0 Å². The summed E-state index contributed by atoms with van der Waals surface area (Å²) in [5.74, 6) is 1.21. The molecule has 0 aromatic heterocycles. The van der Waals surface area contributed by atoms with E-state index in [1.807, 2.05) is 55.4 Å². The van der Waals surface area contributed by atoms with Crippen molar-refractivity contribution in [3.63, 3.8) is 0 Å². The lowest BCUT2D eigenvalue weighted by Crippen LogP contribution is -2.20. The molecular weight excluding hydrogens is 325 g/mol. The first kappa shape index (κ1) is 16.8. The molecule has 6 heteroatoms.